The molecule has 0 aliphatic carbocycles. The van der Waals surface area contributed by atoms with Gasteiger partial charge in [-0.05, 0) is 23.3 Å². The maximum absolute atomic E-state index is 3.93. The van der Waals surface area contributed by atoms with Crippen LogP contribution < -0.4 is 0 Å². The van der Waals surface area contributed by atoms with E-state index in [1.165, 1.54) is 11.1 Å². The van der Waals surface area contributed by atoms with E-state index in [1.54, 1.807) is 0 Å². The van der Waals surface area contributed by atoms with Crippen molar-refractivity contribution in [3.05, 3.63) is 35.4 Å². The van der Waals surface area contributed by atoms with E-state index in [9.17, 15) is 0 Å². The SMILES string of the molecule is C=NCc1ccccc1C(C)(C)C. The number of hydrogen-bond donors (Lipinski definition) is 0. The molecule has 0 aromatic heterocycles. The zero-order chi connectivity index (χ0) is 9.90. The zero-order valence-electron chi connectivity index (χ0n) is 8.67. The summed E-state index contributed by atoms with van der Waals surface area (Å²) in [4.78, 5) is 3.93. The molecule has 13 heavy (non-hydrogen) atoms. The van der Waals surface area contributed by atoms with Gasteiger partial charge in [0.2, 0.25) is 0 Å². The van der Waals surface area contributed by atoms with Gasteiger partial charge in [0.15, 0.2) is 0 Å². The molecule has 0 amide bonds. The Balaban J connectivity index is 3.11. The van der Waals surface area contributed by atoms with Gasteiger partial charge in [-0.15, -0.1) is 0 Å². The van der Waals surface area contributed by atoms with Gasteiger partial charge in [-0.3, -0.25) is 4.99 Å². The van der Waals surface area contributed by atoms with Crippen LogP contribution in [0.3, 0.4) is 0 Å². The summed E-state index contributed by atoms with van der Waals surface area (Å²) in [6.45, 7) is 10.9. The molecule has 1 aromatic rings. The molecule has 0 saturated heterocycles. The molecule has 0 aliphatic heterocycles. The number of benzene rings is 1. The third-order valence-electron chi connectivity index (χ3n) is 2.11. The Bertz CT molecular complexity index is 294. The topological polar surface area (TPSA) is 12.4 Å². The molecule has 0 N–H and O–H groups in total. The number of rotatable bonds is 2. The first-order valence-corrected chi connectivity index (χ1v) is 4.56. The van der Waals surface area contributed by atoms with Crippen LogP contribution in [0.4, 0.5) is 0 Å². The molecule has 0 unspecified atom stereocenters. The number of nitrogens with zero attached hydrogens (tertiary/aromatic N) is 1. The summed E-state index contributed by atoms with van der Waals surface area (Å²) < 4.78 is 0. The third-order valence-corrected chi connectivity index (χ3v) is 2.11. The highest BCUT2D eigenvalue weighted by atomic mass is 14.7. The average Bonchev–Trinajstić information content (AvgIpc) is 2.04. The molecule has 0 bridgehead atoms. The molecule has 1 heteroatoms. The van der Waals surface area contributed by atoms with Gasteiger partial charge < -0.3 is 0 Å². The molecule has 0 radical (unpaired) electrons. The van der Waals surface area contributed by atoms with E-state index in [4.69, 9.17) is 0 Å². The van der Waals surface area contributed by atoms with Gasteiger partial charge in [0.25, 0.3) is 0 Å². The monoisotopic (exact) mass is 175 g/mol. The lowest BCUT2D eigenvalue weighted by Crippen LogP contribution is -2.13. The largest absolute Gasteiger partial charge is 0.296 e. The van der Waals surface area contributed by atoms with Crippen molar-refractivity contribution in [1.82, 2.24) is 0 Å². The summed E-state index contributed by atoms with van der Waals surface area (Å²) >= 11 is 0. The summed E-state index contributed by atoms with van der Waals surface area (Å²) in [6.07, 6.45) is 0. The van der Waals surface area contributed by atoms with Crippen molar-refractivity contribution in [3.63, 3.8) is 0 Å². The number of aliphatic imine (C=N–C) groups is 1. The molecule has 0 fully saturated rings. The van der Waals surface area contributed by atoms with Gasteiger partial charge in [-0.25, -0.2) is 0 Å². The quantitative estimate of drug-likeness (QED) is 0.612. The van der Waals surface area contributed by atoms with Crippen LogP contribution in [0.2, 0.25) is 0 Å². The van der Waals surface area contributed by atoms with Gasteiger partial charge in [0.05, 0.1) is 6.54 Å². The zero-order valence-corrected chi connectivity index (χ0v) is 8.67. The van der Waals surface area contributed by atoms with Crippen molar-refractivity contribution in [2.75, 3.05) is 0 Å². The highest BCUT2D eigenvalue weighted by Gasteiger charge is 2.16. The van der Waals surface area contributed by atoms with Crippen molar-refractivity contribution in [2.45, 2.75) is 32.7 Å². The summed E-state index contributed by atoms with van der Waals surface area (Å²) in [5.41, 5.74) is 2.84. The lowest BCUT2D eigenvalue weighted by molar-refractivity contribution is 0.583. The van der Waals surface area contributed by atoms with Gasteiger partial charge in [-0.2, -0.15) is 0 Å². The molecule has 0 spiro atoms. The van der Waals surface area contributed by atoms with Gasteiger partial charge in [0, 0.05) is 0 Å². The third kappa shape index (κ3) is 2.41. The molecule has 1 aromatic carbocycles. The Morgan fingerprint density at radius 3 is 2.38 bits per heavy atom. The fourth-order valence-electron chi connectivity index (χ4n) is 1.51. The van der Waals surface area contributed by atoms with Crippen LogP contribution in [0.25, 0.3) is 0 Å². The highest BCUT2D eigenvalue weighted by molar-refractivity contribution is 5.34. The van der Waals surface area contributed by atoms with E-state index in [2.05, 4.69) is 56.7 Å². The van der Waals surface area contributed by atoms with Crippen molar-refractivity contribution < 1.29 is 0 Å². The second-order valence-electron chi connectivity index (χ2n) is 4.29. The predicted molar refractivity (Wildman–Crippen MR) is 58.4 cm³/mol. The Labute approximate surface area is 80.5 Å². The van der Waals surface area contributed by atoms with Crippen LogP contribution in [0, 0.1) is 0 Å². The molecule has 0 saturated carbocycles. The Kier molecular flexibility index (Phi) is 2.86. The van der Waals surface area contributed by atoms with E-state index in [1.807, 2.05) is 0 Å². The maximum Gasteiger partial charge on any atom is 0.0635 e. The molecule has 1 rings (SSSR count). The molecule has 0 atom stereocenters. The van der Waals surface area contributed by atoms with Crippen LogP contribution in [-0.2, 0) is 12.0 Å². The molecule has 1 nitrogen and oxygen atoms in total. The standard InChI is InChI=1S/C12H17N/c1-12(2,3)11-8-6-5-7-10(11)9-13-4/h5-8H,4,9H2,1-3H3. The Hall–Kier alpha value is -1.11. The summed E-state index contributed by atoms with van der Waals surface area (Å²) in [5, 5.41) is 0. The first-order chi connectivity index (χ1) is 6.05. The van der Waals surface area contributed by atoms with Crippen molar-refractivity contribution >= 4 is 6.72 Å². The van der Waals surface area contributed by atoms with Crippen LogP contribution >= 0.6 is 0 Å². The fraction of sp³-hybridized carbons (Fsp3) is 0.417. The minimum absolute atomic E-state index is 0.196. The molecule has 70 valence electrons. The molecule has 0 aliphatic rings. The van der Waals surface area contributed by atoms with E-state index in [0.717, 1.165) is 0 Å². The van der Waals surface area contributed by atoms with Gasteiger partial charge in [0.1, 0.15) is 0 Å². The van der Waals surface area contributed by atoms with Crippen molar-refractivity contribution in [3.8, 4) is 0 Å². The lowest BCUT2D eigenvalue weighted by atomic mass is 9.84. The van der Waals surface area contributed by atoms with E-state index < -0.39 is 0 Å². The van der Waals surface area contributed by atoms with E-state index >= 15 is 0 Å². The van der Waals surface area contributed by atoms with Crippen LogP contribution in [0.15, 0.2) is 29.3 Å². The van der Waals surface area contributed by atoms with E-state index in [0.29, 0.717) is 6.54 Å². The fourth-order valence-corrected chi connectivity index (χ4v) is 1.51. The molecular weight excluding hydrogens is 158 g/mol. The van der Waals surface area contributed by atoms with Crippen LogP contribution in [0.5, 0.6) is 0 Å². The smallest absolute Gasteiger partial charge is 0.0635 e. The average molecular weight is 175 g/mol. The predicted octanol–water partition coefficient (Wildman–Crippen LogP) is 3.18. The lowest BCUT2D eigenvalue weighted by Gasteiger charge is -2.22. The van der Waals surface area contributed by atoms with Crippen LogP contribution in [-0.4, -0.2) is 6.72 Å². The second kappa shape index (κ2) is 3.73. The maximum atomic E-state index is 3.93. The first-order valence-electron chi connectivity index (χ1n) is 4.56. The summed E-state index contributed by atoms with van der Waals surface area (Å²) in [5.74, 6) is 0. The number of hydrogen-bond acceptors (Lipinski definition) is 1. The highest BCUT2D eigenvalue weighted by Crippen LogP contribution is 2.25. The summed E-state index contributed by atoms with van der Waals surface area (Å²) in [7, 11) is 0. The van der Waals surface area contributed by atoms with Crippen molar-refractivity contribution in [1.29, 1.82) is 0 Å². The minimum atomic E-state index is 0.196. The van der Waals surface area contributed by atoms with Gasteiger partial charge in [-0.1, -0.05) is 45.0 Å². The Morgan fingerprint density at radius 2 is 1.85 bits per heavy atom. The molecular formula is C12H17N. The van der Waals surface area contributed by atoms with Crippen LogP contribution in [0.1, 0.15) is 31.9 Å². The normalized spacial score (nSPS) is 11.3. The van der Waals surface area contributed by atoms with Crippen molar-refractivity contribution in [2.24, 2.45) is 4.99 Å². The second-order valence-corrected chi connectivity index (χ2v) is 4.29. The van der Waals surface area contributed by atoms with E-state index in [-0.39, 0.29) is 5.41 Å². The summed E-state index contributed by atoms with van der Waals surface area (Å²) in [6, 6.07) is 8.42. The first kappa shape index (κ1) is 9.97. The minimum Gasteiger partial charge on any atom is -0.296 e. The molecule has 0 heterocycles. The Morgan fingerprint density at radius 1 is 1.23 bits per heavy atom. The van der Waals surface area contributed by atoms with Gasteiger partial charge >= 0.3 is 0 Å².